The van der Waals surface area contributed by atoms with Crippen molar-refractivity contribution in [3.05, 3.63) is 0 Å². The number of quaternary nitrogens is 1. The molecule has 0 spiro atoms. The van der Waals surface area contributed by atoms with E-state index in [1.165, 1.54) is 24.1 Å². The molecule has 0 radical (unpaired) electrons. The highest BCUT2D eigenvalue weighted by atomic mass is 16.5. The minimum Gasteiger partial charge on any atom is -0.366 e. The van der Waals surface area contributed by atoms with E-state index in [4.69, 9.17) is 4.74 Å². The molecule has 2 unspecified atom stereocenters. The van der Waals surface area contributed by atoms with E-state index in [0.717, 1.165) is 6.61 Å². The smallest absolute Gasteiger partial charge is 0.110 e. The average molecular weight is 172 g/mol. The number of ether oxygens (including phenoxy) is 1. The van der Waals surface area contributed by atoms with Gasteiger partial charge in [0.15, 0.2) is 0 Å². The van der Waals surface area contributed by atoms with Crippen LogP contribution >= 0.6 is 0 Å². The quantitative estimate of drug-likeness (QED) is 0.575. The van der Waals surface area contributed by atoms with E-state index in [-0.39, 0.29) is 0 Å². The number of likely N-dealkylation sites (N-methyl/N-ethyl adjacent to an activating group) is 1. The maximum absolute atomic E-state index is 5.63. The van der Waals surface area contributed by atoms with E-state index in [1.807, 2.05) is 0 Å². The van der Waals surface area contributed by atoms with Gasteiger partial charge in [-0.2, -0.15) is 0 Å². The first-order valence-electron chi connectivity index (χ1n) is 5.12. The first-order chi connectivity index (χ1) is 5.64. The van der Waals surface area contributed by atoms with Crippen LogP contribution in [0.3, 0.4) is 0 Å². The van der Waals surface area contributed by atoms with Gasteiger partial charge in [-0.05, 0) is 27.7 Å². The van der Waals surface area contributed by atoms with E-state index in [2.05, 4.69) is 27.7 Å². The monoisotopic (exact) mass is 172 g/mol. The van der Waals surface area contributed by atoms with Crippen LogP contribution in [0.4, 0.5) is 0 Å². The summed E-state index contributed by atoms with van der Waals surface area (Å²) < 4.78 is 6.87. The van der Waals surface area contributed by atoms with Crippen molar-refractivity contribution < 1.29 is 9.22 Å². The summed E-state index contributed by atoms with van der Waals surface area (Å²) in [5, 5.41) is 0. The van der Waals surface area contributed by atoms with Gasteiger partial charge >= 0.3 is 0 Å². The summed E-state index contributed by atoms with van der Waals surface area (Å²) in [6.45, 7) is 13.7. The highest BCUT2D eigenvalue weighted by Gasteiger charge is 2.36. The molecule has 0 aromatic carbocycles. The van der Waals surface area contributed by atoms with Crippen LogP contribution in [0, 0.1) is 0 Å². The molecule has 0 amide bonds. The minimum absolute atomic E-state index is 0.445. The van der Waals surface area contributed by atoms with E-state index < -0.39 is 0 Å². The summed E-state index contributed by atoms with van der Waals surface area (Å²) in [7, 11) is 0. The second-order valence-electron chi connectivity index (χ2n) is 4.03. The number of rotatable bonds is 2. The van der Waals surface area contributed by atoms with Gasteiger partial charge in [-0.25, -0.2) is 0 Å². The molecule has 72 valence electrons. The van der Waals surface area contributed by atoms with E-state index in [9.17, 15) is 0 Å². The molecular formula is C10H22NO+. The predicted octanol–water partition coefficient (Wildman–Crippen LogP) is 1.65. The van der Waals surface area contributed by atoms with Crippen molar-refractivity contribution in [3.63, 3.8) is 0 Å². The third kappa shape index (κ3) is 1.64. The van der Waals surface area contributed by atoms with Crippen molar-refractivity contribution in [2.45, 2.75) is 39.8 Å². The van der Waals surface area contributed by atoms with Gasteiger partial charge < -0.3 is 9.22 Å². The Hall–Kier alpha value is -0.0800. The standard InChI is InChI=1S/C10H22NO/c1-5-11(6-2)7-10(4)12-8-9(11)3/h9-10H,5-8H2,1-4H3/q+1. The summed E-state index contributed by atoms with van der Waals surface area (Å²) in [5.41, 5.74) is 0. The van der Waals surface area contributed by atoms with E-state index >= 15 is 0 Å². The molecule has 1 saturated heterocycles. The normalized spacial score (nSPS) is 35.0. The number of nitrogens with zero attached hydrogens (tertiary/aromatic N) is 1. The van der Waals surface area contributed by atoms with Crippen molar-refractivity contribution in [3.8, 4) is 0 Å². The Morgan fingerprint density at radius 2 is 1.83 bits per heavy atom. The largest absolute Gasteiger partial charge is 0.366 e. The third-order valence-corrected chi connectivity index (χ3v) is 3.44. The average Bonchev–Trinajstić information content (AvgIpc) is 2.09. The minimum atomic E-state index is 0.445. The molecule has 1 fully saturated rings. The molecule has 0 bridgehead atoms. The fraction of sp³-hybridized carbons (Fsp3) is 1.00. The maximum atomic E-state index is 5.63. The molecule has 2 nitrogen and oxygen atoms in total. The summed E-state index contributed by atoms with van der Waals surface area (Å²) in [6, 6.07) is 0.677. The lowest BCUT2D eigenvalue weighted by Gasteiger charge is -2.47. The first-order valence-corrected chi connectivity index (χ1v) is 5.12. The zero-order chi connectivity index (χ0) is 9.19. The first kappa shape index (κ1) is 10.0. The van der Waals surface area contributed by atoms with Gasteiger partial charge in [0.05, 0.1) is 19.7 Å². The Morgan fingerprint density at radius 1 is 1.25 bits per heavy atom. The Kier molecular flexibility index (Phi) is 3.13. The summed E-state index contributed by atoms with van der Waals surface area (Å²) in [6.07, 6.45) is 0.445. The van der Waals surface area contributed by atoms with E-state index in [1.54, 1.807) is 0 Å². The second kappa shape index (κ2) is 3.75. The summed E-state index contributed by atoms with van der Waals surface area (Å²) >= 11 is 0. The van der Waals surface area contributed by atoms with Gasteiger partial charge in [0, 0.05) is 0 Å². The molecule has 0 saturated carbocycles. The van der Waals surface area contributed by atoms with Crippen LogP contribution in [0.1, 0.15) is 27.7 Å². The van der Waals surface area contributed by atoms with Crippen molar-refractivity contribution in [2.24, 2.45) is 0 Å². The molecule has 12 heavy (non-hydrogen) atoms. The highest BCUT2D eigenvalue weighted by molar-refractivity contribution is 4.63. The van der Waals surface area contributed by atoms with Crippen LogP contribution in [-0.2, 0) is 4.74 Å². The van der Waals surface area contributed by atoms with Crippen LogP contribution in [0.25, 0.3) is 0 Å². The van der Waals surface area contributed by atoms with Crippen LogP contribution in [0.5, 0.6) is 0 Å². The molecule has 0 aliphatic carbocycles. The van der Waals surface area contributed by atoms with Crippen LogP contribution in [0.2, 0.25) is 0 Å². The molecule has 0 aromatic heterocycles. The fourth-order valence-electron chi connectivity index (χ4n) is 2.31. The van der Waals surface area contributed by atoms with Gasteiger partial charge in [-0.15, -0.1) is 0 Å². The lowest BCUT2D eigenvalue weighted by atomic mass is 10.1. The SMILES string of the molecule is CC[N+]1(CC)CC(C)OCC1C. The number of hydrogen-bond donors (Lipinski definition) is 0. The summed E-state index contributed by atoms with van der Waals surface area (Å²) in [5.74, 6) is 0. The number of morpholine rings is 1. The molecule has 0 N–H and O–H groups in total. The van der Waals surface area contributed by atoms with Gasteiger partial charge in [0.2, 0.25) is 0 Å². The lowest BCUT2D eigenvalue weighted by Crippen LogP contribution is -2.62. The molecule has 2 heteroatoms. The zero-order valence-electron chi connectivity index (χ0n) is 8.84. The van der Waals surface area contributed by atoms with Gasteiger partial charge in [0.25, 0.3) is 0 Å². The molecule has 1 rings (SSSR count). The Bertz CT molecular complexity index is 143. The van der Waals surface area contributed by atoms with Crippen LogP contribution in [0.15, 0.2) is 0 Å². The van der Waals surface area contributed by atoms with Gasteiger partial charge in [0.1, 0.15) is 18.7 Å². The lowest BCUT2D eigenvalue weighted by molar-refractivity contribution is -0.956. The van der Waals surface area contributed by atoms with Crippen molar-refractivity contribution in [1.29, 1.82) is 0 Å². The Morgan fingerprint density at radius 3 is 2.25 bits per heavy atom. The van der Waals surface area contributed by atoms with Crippen molar-refractivity contribution in [1.82, 2.24) is 0 Å². The van der Waals surface area contributed by atoms with Crippen LogP contribution < -0.4 is 0 Å². The molecule has 1 heterocycles. The van der Waals surface area contributed by atoms with Crippen LogP contribution in [-0.4, -0.2) is 42.9 Å². The molecular weight excluding hydrogens is 150 g/mol. The molecule has 0 aromatic rings. The Labute approximate surface area is 76.1 Å². The molecule has 1 aliphatic heterocycles. The maximum Gasteiger partial charge on any atom is 0.110 e. The zero-order valence-corrected chi connectivity index (χ0v) is 8.84. The highest BCUT2D eigenvalue weighted by Crippen LogP contribution is 2.20. The second-order valence-corrected chi connectivity index (χ2v) is 4.03. The van der Waals surface area contributed by atoms with Gasteiger partial charge in [-0.3, -0.25) is 0 Å². The number of hydrogen-bond acceptors (Lipinski definition) is 1. The predicted molar refractivity (Wildman–Crippen MR) is 51.1 cm³/mol. The Balaban J connectivity index is 2.68. The third-order valence-electron chi connectivity index (χ3n) is 3.44. The van der Waals surface area contributed by atoms with E-state index in [0.29, 0.717) is 12.1 Å². The summed E-state index contributed by atoms with van der Waals surface area (Å²) in [4.78, 5) is 0. The topological polar surface area (TPSA) is 9.23 Å². The van der Waals surface area contributed by atoms with Gasteiger partial charge in [-0.1, -0.05) is 0 Å². The van der Waals surface area contributed by atoms with Crippen molar-refractivity contribution >= 4 is 0 Å². The molecule has 2 atom stereocenters. The molecule has 1 aliphatic rings. The van der Waals surface area contributed by atoms with Crippen molar-refractivity contribution in [2.75, 3.05) is 26.2 Å². The fourth-order valence-corrected chi connectivity index (χ4v) is 2.31.